The first kappa shape index (κ1) is 16.0. The summed E-state index contributed by atoms with van der Waals surface area (Å²) in [6.45, 7) is 3.78. The second-order valence-corrected chi connectivity index (χ2v) is 5.75. The molecule has 0 saturated heterocycles. The van der Waals surface area contributed by atoms with Crippen LogP contribution < -0.4 is 5.32 Å². The van der Waals surface area contributed by atoms with Gasteiger partial charge in [-0.3, -0.25) is 9.48 Å². The molecule has 5 nitrogen and oxygen atoms in total. The molecule has 0 fully saturated rings. The Morgan fingerprint density at radius 1 is 1.25 bits per heavy atom. The van der Waals surface area contributed by atoms with Crippen molar-refractivity contribution in [3.63, 3.8) is 0 Å². The highest BCUT2D eigenvalue weighted by Gasteiger charge is 2.15. The lowest BCUT2D eigenvalue weighted by atomic mass is 10.1. The lowest BCUT2D eigenvalue weighted by Crippen LogP contribution is -2.16. The summed E-state index contributed by atoms with van der Waals surface area (Å²) in [5, 5.41) is 6.96. The number of aromatic nitrogens is 3. The van der Waals surface area contributed by atoms with Crippen LogP contribution in [0.1, 0.15) is 17.0 Å². The Balaban J connectivity index is 1.80. The number of aryl methyl sites for hydroxylation is 2. The molecule has 0 radical (unpaired) electrons. The fraction of sp³-hybridized carbons (Fsp3) is 0.222. The van der Waals surface area contributed by atoms with Gasteiger partial charge in [0.25, 0.3) is 0 Å². The van der Waals surface area contributed by atoms with Gasteiger partial charge in [0.2, 0.25) is 5.91 Å². The Morgan fingerprint density at radius 2 is 1.96 bits per heavy atom. The van der Waals surface area contributed by atoms with Crippen molar-refractivity contribution in [2.45, 2.75) is 20.3 Å². The van der Waals surface area contributed by atoms with Crippen LogP contribution in [0.3, 0.4) is 0 Å². The van der Waals surface area contributed by atoms with Crippen LogP contribution in [0.5, 0.6) is 0 Å². The highest BCUT2D eigenvalue weighted by atomic mass is 19.1. The molecule has 2 aromatic heterocycles. The number of nitrogens with one attached hydrogen (secondary N) is 1. The van der Waals surface area contributed by atoms with Gasteiger partial charge < -0.3 is 9.88 Å². The number of benzene rings is 1. The van der Waals surface area contributed by atoms with Gasteiger partial charge >= 0.3 is 0 Å². The summed E-state index contributed by atoms with van der Waals surface area (Å²) >= 11 is 0. The molecule has 0 unspecified atom stereocenters. The van der Waals surface area contributed by atoms with Gasteiger partial charge in [0, 0.05) is 36.4 Å². The van der Waals surface area contributed by atoms with E-state index in [9.17, 15) is 9.18 Å². The first-order valence-corrected chi connectivity index (χ1v) is 7.67. The molecule has 0 saturated carbocycles. The van der Waals surface area contributed by atoms with Crippen LogP contribution in [0, 0.1) is 19.7 Å². The molecule has 0 aliphatic heterocycles. The number of carbonyl (C=O) groups is 1. The topological polar surface area (TPSA) is 51.9 Å². The Kier molecular flexibility index (Phi) is 4.20. The van der Waals surface area contributed by atoms with E-state index in [2.05, 4.69) is 10.4 Å². The third-order valence-electron chi connectivity index (χ3n) is 4.12. The van der Waals surface area contributed by atoms with Crippen molar-refractivity contribution < 1.29 is 9.18 Å². The zero-order valence-corrected chi connectivity index (χ0v) is 13.9. The van der Waals surface area contributed by atoms with Crippen LogP contribution in [0.4, 0.5) is 10.1 Å². The van der Waals surface area contributed by atoms with E-state index in [0.29, 0.717) is 0 Å². The third-order valence-corrected chi connectivity index (χ3v) is 4.12. The molecule has 1 N–H and O–H groups in total. The number of carbonyl (C=O) groups excluding carboxylic acids is 1. The van der Waals surface area contributed by atoms with Crippen LogP contribution in [0.15, 0.2) is 42.7 Å². The summed E-state index contributed by atoms with van der Waals surface area (Å²) in [6.07, 6.45) is 3.89. The van der Waals surface area contributed by atoms with E-state index in [0.717, 1.165) is 22.6 Å². The number of hydrogen-bond acceptors (Lipinski definition) is 2. The lowest BCUT2D eigenvalue weighted by molar-refractivity contribution is -0.115. The molecule has 0 spiro atoms. The third kappa shape index (κ3) is 3.08. The van der Waals surface area contributed by atoms with Crippen LogP contribution in [0.25, 0.3) is 5.69 Å². The number of hydrogen-bond donors (Lipinski definition) is 1. The minimum absolute atomic E-state index is 0.165. The van der Waals surface area contributed by atoms with Crippen molar-refractivity contribution in [3.05, 3.63) is 65.5 Å². The van der Waals surface area contributed by atoms with E-state index >= 15 is 0 Å². The summed E-state index contributed by atoms with van der Waals surface area (Å²) in [4.78, 5) is 12.3. The Labute approximate surface area is 139 Å². The first-order valence-electron chi connectivity index (χ1n) is 7.67. The zero-order valence-electron chi connectivity index (χ0n) is 13.9. The summed E-state index contributed by atoms with van der Waals surface area (Å²) in [7, 11) is 1.84. The van der Waals surface area contributed by atoms with Gasteiger partial charge in [-0.25, -0.2) is 4.39 Å². The van der Waals surface area contributed by atoms with Crippen molar-refractivity contribution in [2.75, 3.05) is 5.32 Å². The van der Waals surface area contributed by atoms with E-state index in [-0.39, 0.29) is 18.0 Å². The van der Waals surface area contributed by atoms with Gasteiger partial charge in [0.15, 0.2) is 0 Å². The van der Waals surface area contributed by atoms with Gasteiger partial charge in [-0.05, 0) is 44.2 Å². The number of amides is 1. The van der Waals surface area contributed by atoms with Gasteiger partial charge in [-0.15, -0.1) is 0 Å². The Hall–Kier alpha value is -2.89. The molecule has 3 aromatic rings. The standard InChI is InChI=1S/C18H19FN4O/c1-12-15(13(2)22(3)21-12)11-18(24)20-17-10-14(6-7-16(17)19)23-8-4-5-9-23/h4-10H,11H2,1-3H3,(H,20,24). The van der Waals surface area contributed by atoms with Crippen molar-refractivity contribution >= 4 is 11.6 Å². The second kappa shape index (κ2) is 6.31. The molecular weight excluding hydrogens is 307 g/mol. The molecule has 24 heavy (non-hydrogen) atoms. The molecule has 1 amide bonds. The minimum Gasteiger partial charge on any atom is -0.324 e. The van der Waals surface area contributed by atoms with Crippen molar-refractivity contribution in [3.8, 4) is 5.69 Å². The van der Waals surface area contributed by atoms with Gasteiger partial charge in [0.1, 0.15) is 5.82 Å². The molecule has 6 heteroatoms. The zero-order chi connectivity index (χ0) is 17.3. The quantitative estimate of drug-likeness (QED) is 0.801. The van der Waals surface area contributed by atoms with E-state index in [4.69, 9.17) is 0 Å². The first-order chi connectivity index (χ1) is 11.5. The number of rotatable bonds is 4. The largest absolute Gasteiger partial charge is 0.324 e. The number of nitrogens with zero attached hydrogens (tertiary/aromatic N) is 3. The second-order valence-electron chi connectivity index (χ2n) is 5.75. The fourth-order valence-corrected chi connectivity index (χ4v) is 2.70. The SMILES string of the molecule is Cc1nn(C)c(C)c1CC(=O)Nc1cc(-n2cccc2)ccc1F. The van der Waals surface area contributed by atoms with Crippen LogP contribution in [0.2, 0.25) is 0 Å². The smallest absolute Gasteiger partial charge is 0.229 e. The van der Waals surface area contributed by atoms with Crippen LogP contribution in [-0.4, -0.2) is 20.3 Å². The molecular formula is C18H19FN4O. The van der Waals surface area contributed by atoms with E-state index in [1.165, 1.54) is 6.07 Å². The van der Waals surface area contributed by atoms with E-state index in [1.54, 1.807) is 16.8 Å². The molecule has 124 valence electrons. The van der Waals surface area contributed by atoms with Gasteiger partial charge in [0.05, 0.1) is 17.8 Å². The monoisotopic (exact) mass is 326 g/mol. The van der Waals surface area contributed by atoms with Crippen molar-refractivity contribution in [2.24, 2.45) is 7.05 Å². The van der Waals surface area contributed by atoms with Crippen molar-refractivity contribution in [1.82, 2.24) is 14.3 Å². The predicted octanol–water partition coefficient (Wildman–Crippen LogP) is 3.15. The molecule has 0 aliphatic rings. The minimum atomic E-state index is -0.459. The maximum Gasteiger partial charge on any atom is 0.229 e. The van der Waals surface area contributed by atoms with Gasteiger partial charge in [-0.1, -0.05) is 0 Å². The molecule has 3 rings (SSSR count). The highest BCUT2D eigenvalue weighted by Crippen LogP contribution is 2.20. The molecule has 1 aromatic carbocycles. The molecule has 2 heterocycles. The summed E-state index contributed by atoms with van der Waals surface area (Å²) < 4.78 is 17.6. The van der Waals surface area contributed by atoms with E-state index in [1.807, 2.05) is 50.0 Å². The summed E-state index contributed by atoms with van der Waals surface area (Å²) in [5.41, 5.74) is 3.57. The average Bonchev–Trinajstić information content (AvgIpc) is 3.15. The number of halogens is 1. The molecule has 0 bridgehead atoms. The Morgan fingerprint density at radius 3 is 2.58 bits per heavy atom. The van der Waals surface area contributed by atoms with Gasteiger partial charge in [-0.2, -0.15) is 5.10 Å². The fourth-order valence-electron chi connectivity index (χ4n) is 2.70. The maximum absolute atomic E-state index is 14.0. The highest BCUT2D eigenvalue weighted by molar-refractivity contribution is 5.93. The summed E-state index contributed by atoms with van der Waals surface area (Å²) in [6, 6.07) is 8.41. The maximum atomic E-state index is 14.0. The molecule has 0 atom stereocenters. The van der Waals surface area contributed by atoms with Crippen LogP contribution >= 0.6 is 0 Å². The normalized spacial score (nSPS) is 10.8. The predicted molar refractivity (Wildman–Crippen MR) is 90.7 cm³/mol. The summed E-state index contributed by atoms with van der Waals surface area (Å²) in [5.74, 6) is -0.725. The lowest BCUT2D eigenvalue weighted by Gasteiger charge is -2.10. The van der Waals surface area contributed by atoms with Crippen LogP contribution in [-0.2, 0) is 18.3 Å². The number of anilines is 1. The average molecular weight is 326 g/mol. The van der Waals surface area contributed by atoms with Crippen molar-refractivity contribution in [1.29, 1.82) is 0 Å². The van der Waals surface area contributed by atoms with E-state index < -0.39 is 5.82 Å². The Bertz CT molecular complexity index is 881. The molecule has 0 aliphatic carbocycles.